The van der Waals surface area contributed by atoms with Gasteiger partial charge >= 0.3 is 13.2 Å². The fourth-order valence-corrected chi connectivity index (χ4v) is 5.66. The van der Waals surface area contributed by atoms with E-state index in [2.05, 4.69) is 9.98 Å². The maximum absolute atomic E-state index is 16.5. The molecule has 4 heterocycles. The van der Waals surface area contributed by atoms with Crippen LogP contribution in [0.1, 0.15) is 77.9 Å². The fourth-order valence-electron chi connectivity index (χ4n) is 5.66. The lowest BCUT2D eigenvalue weighted by molar-refractivity contribution is 0.00578. The van der Waals surface area contributed by atoms with Crippen LogP contribution >= 0.6 is 0 Å². The van der Waals surface area contributed by atoms with Gasteiger partial charge in [-0.2, -0.15) is 0 Å². The number of rotatable bonds is 4. The van der Waals surface area contributed by atoms with Crippen molar-refractivity contribution >= 4 is 46.8 Å². The van der Waals surface area contributed by atoms with Crippen LogP contribution in [-0.4, -0.2) is 89.1 Å². The Morgan fingerprint density at radius 2 is 1.82 bits per heavy atom. The summed E-state index contributed by atoms with van der Waals surface area (Å²) in [6.45, 7) is 17.0. The summed E-state index contributed by atoms with van der Waals surface area (Å²) >= 11 is 0. The summed E-state index contributed by atoms with van der Waals surface area (Å²) in [6, 6.07) is 3.39. The summed E-state index contributed by atoms with van der Waals surface area (Å²) in [5.74, 6) is -0.815. The van der Waals surface area contributed by atoms with E-state index in [0.29, 0.717) is 54.6 Å². The summed E-state index contributed by atoms with van der Waals surface area (Å²) < 4.78 is 34.9. The molecule has 0 spiro atoms. The monoisotopic (exact) mass is 607 g/mol. The van der Waals surface area contributed by atoms with Gasteiger partial charge < -0.3 is 34.6 Å². The maximum atomic E-state index is 16.5. The largest absolute Gasteiger partial charge is 0.495 e. The van der Waals surface area contributed by atoms with Crippen LogP contribution in [0.15, 0.2) is 35.0 Å². The van der Waals surface area contributed by atoms with Crippen LogP contribution < -0.4 is 11.2 Å². The molecule has 1 aromatic heterocycles. The average Bonchev–Trinajstić information content (AvgIpc) is 3.62. The highest BCUT2D eigenvalue weighted by Gasteiger charge is 2.52. The number of hydrogen-bond donors (Lipinski definition) is 2. The first-order valence-corrected chi connectivity index (χ1v) is 15.2. The number of carbonyl (C=O) groups is 2. The van der Waals surface area contributed by atoms with Crippen LogP contribution in [0.5, 0.6) is 0 Å². The zero-order valence-electron chi connectivity index (χ0n) is 27.0. The Bertz CT molecular complexity index is 1570. The van der Waals surface area contributed by atoms with E-state index < -0.39 is 35.8 Å². The van der Waals surface area contributed by atoms with Gasteiger partial charge in [-0.3, -0.25) is 9.79 Å². The summed E-state index contributed by atoms with van der Waals surface area (Å²) in [5.41, 5.74) is 7.39. The lowest BCUT2D eigenvalue weighted by Gasteiger charge is -2.32. The Hall–Kier alpha value is -3.64. The van der Waals surface area contributed by atoms with Gasteiger partial charge in [-0.05, 0) is 78.9 Å². The molecular weight excluding hydrogens is 564 g/mol. The molecular formula is C32H43BFN5O5. The van der Waals surface area contributed by atoms with Crippen molar-refractivity contribution in [1.29, 1.82) is 0 Å². The minimum atomic E-state index is -0.811. The standard InChI is InChI=1S/C32H43BFN5O5/c1-9-36-25-18-39(17-20(25)15-35)28(40)24-14-22-23(33-43-31(5,6)32(7,8)44-33)13-21(26(34)27(22)37-24)19-11-10-12-38(16-19)29(41)42-30(2,3)4/h11,13-15,37H,9-10,12,16-18,35H2,1-8H3/b20-15-,36-25?. The number of carbonyl (C=O) groups excluding carboxylic acids is 2. The Kier molecular flexibility index (Phi) is 8.22. The van der Waals surface area contributed by atoms with Crippen molar-refractivity contribution in [3.8, 4) is 0 Å². The summed E-state index contributed by atoms with van der Waals surface area (Å²) in [5, 5.41) is 0.491. The third-order valence-electron chi connectivity index (χ3n) is 8.68. The smallest absolute Gasteiger partial charge is 0.444 e. The molecule has 1 aromatic carbocycles. The van der Waals surface area contributed by atoms with Gasteiger partial charge in [0.25, 0.3) is 5.91 Å². The molecule has 0 atom stereocenters. The third-order valence-corrected chi connectivity index (χ3v) is 8.68. The number of halogens is 1. The van der Waals surface area contributed by atoms with E-state index >= 15 is 4.39 Å². The van der Waals surface area contributed by atoms with Gasteiger partial charge in [-0.1, -0.05) is 12.1 Å². The van der Waals surface area contributed by atoms with Crippen molar-refractivity contribution in [3.63, 3.8) is 0 Å². The minimum absolute atomic E-state index is 0.169. The number of ether oxygens (including phenoxy) is 1. The molecule has 0 saturated carbocycles. The Morgan fingerprint density at radius 1 is 1.14 bits per heavy atom. The lowest BCUT2D eigenvalue weighted by atomic mass is 9.75. The molecule has 0 unspecified atom stereocenters. The van der Waals surface area contributed by atoms with Crippen molar-refractivity contribution in [1.82, 2.24) is 14.8 Å². The zero-order chi connectivity index (χ0) is 32.2. The molecule has 2 amide bonds. The molecule has 5 rings (SSSR count). The molecule has 12 heteroatoms. The highest BCUT2D eigenvalue weighted by atomic mass is 19.1. The normalized spacial score (nSPS) is 21.9. The van der Waals surface area contributed by atoms with E-state index in [0.717, 1.165) is 11.3 Å². The Morgan fingerprint density at radius 3 is 2.43 bits per heavy atom. The maximum Gasteiger partial charge on any atom is 0.495 e. The quantitative estimate of drug-likeness (QED) is 0.498. The van der Waals surface area contributed by atoms with Gasteiger partial charge in [-0.25, -0.2) is 9.18 Å². The number of aromatic nitrogens is 1. The molecule has 44 heavy (non-hydrogen) atoms. The van der Waals surface area contributed by atoms with E-state index in [1.165, 1.54) is 6.20 Å². The molecule has 2 aromatic rings. The molecule has 0 radical (unpaired) electrons. The van der Waals surface area contributed by atoms with Crippen LogP contribution in [0.25, 0.3) is 16.5 Å². The number of fused-ring (bicyclic) bond motifs is 1. The van der Waals surface area contributed by atoms with E-state index in [9.17, 15) is 9.59 Å². The van der Waals surface area contributed by atoms with Crippen LogP contribution in [0.4, 0.5) is 9.18 Å². The lowest BCUT2D eigenvalue weighted by Crippen LogP contribution is -2.41. The number of aromatic amines is 1. The highest BCUT2D eigenvalue weighted by molar-refractivity contribution is 6.65. The Balaban J connectivity index is 1.57. The number of benzene rings is 1. The number of nitrogens with two attached hydrogens (primary N) is 1. The summed E-state index contributed by atoms with van der Waals surface area (Å²) in [4.78, 5) is 37.4. The van der Waals surface area contributed by atoms with Gasteiger partial charge in [0.2, 0.25) is 0 Å². The van der Waals surface area contributed by atoms with Gasteiger partial charge in [-0.15, -0.1) is 0 Å². The Labute approximate surface area is 258 Å². The SMILES string of the molecule is CCN=C1CN(C(=O)c2cc3c(B4OC(C)(C)C(C)(C)O4)cc(C4=CCCN(C(=O)OC(C)(C)C)C4)c(F)c3[nH]2)C/C1=C/N. The molecule has 236 valence electrons. The van der Waals surface area contributed by atoms with E-state index in [1.807, 2.05) is 61.5 Å². The van der Waals surface area contributed by atoms with Crippen molar-refractivity contribution < 1.29 is 28.0 Å². The predicted octanol–water partition coefficient (Wildman–Crippen LogP) is 4.39. The van der Waals surface area contributed by atoms with Gasteiger partial charge in [0, 0.05) is 48.9 Å². The first-order chi connectivity index (χ1) is 20.5. The number of nitrogens with one attached hydrogen (secondary N) is 1. The first kappa shape index (κ1) is 31.8. The molecule has 10 nitrogen and oxygen atoms in total. The third kappa shape index (κ3) is 5.89. The van der Waals surface area contributed by atoms with E-state index in [4.69, 9.17) is 19.8 Å². The van der Waals surface area contributed by atoms with Crippen LogP contribution in [0, 0.1) is 5.82 Å². The number of nitrogens with zero attached hydrogens (tertiary/aromatic N) is 3. The first-order valence-electron chi connectivity index (χ1n) is 15.2. The number of H-pyrrole nitrogens is 1. The molecule has 3 N–H and O–H groups in total. The second-order valence-electron chi connectivity index (χ2n) is 13.6. The van der Waals surface area contributed by atoms with Gasteiger partial charge in [0.05, 0.1) is 29.0 Å². The van der Waals surface area contributed by atoms with E-state index in [1.54, 1.807) is 21.9 Å². The second kappa shape index (κ2) is 11.4. The predicted molar refractivity (Wildman–Crippen MR) is 171 cm³/mol. The molecule has 3 aliphatic heterocycles. The molecule has 2 saturated heterocycles. The summed E-state index contributed by atoms with van der Waals surface area (Å²) in [6.07, 6.45) is 3.51. The van der Waals surface area contributed by atoms with E-state index in [-0.39, 0.29) is 23.7 Å². The van der Waals surface area contributed by atoms with Gasteiger partial charge in [0.15, 0.2) is 5.82 Å². The second-order valence-corrected chi connectivity index (χ2v) is 13.6. The van der Waals surface area contributed by atoms with Crippen molar-refractivity contribution in [2.75, 3.05) is 32.7 Å². The number of hydrogen-bond acceptors (Lipinski definition) is 7. The average molecular weight is 608 g/mol. The number of amides is 2. The zero-order valence-corrected chi connectivity index (χ0v) is 27.0. The van der Waals surface area contributed by atoms with Crippen LogP contribution in [-0.2, 0) is 14.0 Å². The number of aliphatic imine (C=N–C) groups is 1. The van der Waals surface area contributed by atoms with Crippen LogP contribution in [0.3, 0.4) is 0 Å². The minimum Gasteiger partial charge on any atom is -0.444 e. The van der Waals surface area contributed by atoms with Crippen molar-refractivity contribution in [3.05, 3.63) is 47.1 Å². The van der Waals surface area contributed by atoms with Crippen molar-refractivity contribution in [2.24, 2.45) is 10.7 Å². The molecule has 0 aliphatic carbocycles. The highest BCUT2D eigenvalue weighted by Crippen LogP contribution is 2.38. The fraction of sp³-hybridized carbons (Fsp3) is 0.531. The van der Waals surface area contributed by atoms with Crippen LogP contribution in [0.2, 0.25) is 0 Å². The molecule has 3 aliphatic rings. The number of likely N-dealkylation sites (tertiary alicyclic amines) is 1. The summed E-state index contributed by atoms with van der Waals surface area (Å²) in [7, 11) is -0.811. The molecule has 2 fully saturated rings. The molecule has 0 bridgehead atoms. The van der Waals surface area contributed by atoms with Gasteiger partial charge in [0.1, 0.15) is 11.3 Å². The van der Waals surface area contributed by atoms with Crippen molar-refractivity contribution in [2.45, 2.75) is 78.6 Å². The topological polar surface area (TPSA) is 122 Å².